The lowest BCUT2D eigenvalue weighted by molar-refractivity contribution is -0.172. The number of aryl methyl sites for hydroxylation is 1. The molecule has 1 atom stereocenters. The van der Waals surface area contributed by atoms with E-state index in [1.54, 1.807) is 19.1 Å². The molecule has 14 nitrogen and oxygen atoms in total. The molecule has 202 valence electrons. The Bertz CT molecular complexity index is 1320. The molecule has 0 aliphatic heterocycles. The zero-order chi connectivity index (χ0) is 27.8. The number of aromatic nitrogens is 1. The van der Waals surface area contributed by atoms with Crippen molar-refractivity contribution in [2.75, 3.05) is 25.5 Å². The second kappa shape index (κ2) is 13.4. The highest BCUT2D eigenvalue weighted by Crippen LogP contribution is 2.19. The Hall–Kier alpha value is -3.22. The average Bonchev–Trinajstić information content (AvgIpc) is 2.82. The van der Waals surface area contributed by atoms with Crippen LogP contribution >= 0.6 is 22.6 Å². The average molecular weight is 649 g/mol. The number of H-pyrrole nitrogens is 1. The second-order valence-corrected chi connectivity index (χ2v) is 10.6. The lowest BCUT2D eigenvalue weighted by Crippen LogP contribution is -2.48. The van der Waals surface area contributed by atoms with Crippen LogP contribution in [-0.4, -0.2) is 63.0 Å². The standard InChI is InChI=1S/C21H28IN7O7S/c1-12-9-13(18(19(31)25-12)28-37(33,34)15-6-4-5-14(22)11-15)10-17(30)26-16(20(32)29(2)35-3)7-8-36-27-21(23)24/h4-6,9,11,16,28H,7-8,10H2,1-3H3,(H,25,31)(H,26,30)(H4,23,24,27)/t16-/m0/s1. The largest absolute Gasteiger partial charge is 0.368 e. The maximum atomic E-state index is 12.9. The highest BCUT2D eigenvalue weighted by molar-refractivity contribution is 14.1. The molecule has 1 aromatic carbocycles. The number of likely N-dealkylation sites (N-methyl/N-ethyl adjacent to an activating group) is 1. The molecular formula is C21H28IN7O7S. The van der Waals surface area contributed by atoms with Gasteiger partial charge in [-0.05, 0) is 59.3 Å². The summed E-state index contributed by atoms with van der Waals surface area (Å²) in [7, 11) is -1.51. The number of benzene rings is 1. The Morgan fingerprint density at radius 2 is 2.00 bits per heavy atom. The first-order chi connectivity index (χ1) is 17.3. The molecule has 2 amide bonds. The van der Waals surface area contributed by atoms with E-state index < -0.39 is 45.8 Å². The van der Waals surface area contributed by atoms with Crippen LogP contribution in [0.25, 0.3) is 0 Å². The summed E-state index contributed by atoms with van der Waals surface area (Å²) in [4.78, 5) is 50.5. The van der Waals surface area contributed by atoms with Crippen LogP contribution in [0, 0.1) is 15.9 Å². The fraction of sp³-hybridized carbons (Fsp3) is 0.333. The SMILES string of the molecule is CON(C)C(=O)[C@H](CCONC(=N)N)NC(=O)Cc1cc(C)[nH]c(=O)c1NS(=O)(=O)c1cccc(I)c1. The van der Waals surface area contributed by atoms with E-state index in [1.807, 2.05) is 22.6 Å². The number of carbonyl (C=O) groups is 2. The van der Waals surface area contributed by atoms with Gasteiger partial charge < -0.3 is 16.0 Å². The lowest BCUT2D eigenvalue weighted by atomic mass is 10.1. The molecule has 0 bridgehead atoms. The van der Waals surface area contributed by atoms with Gasteiger partial charge >= 0.3 is 0 Å². The minimum absolute atomic E-state index is 0.0148. The van der Waals surface area contributed by atoms with Crippen LogP contribution in [-0.2, 0) is 35.7 Å². The number of hydrogen-bond acceptors (Lipinski definition) is 8. The van der Waals surface area contributed by atoms with Crippen LogP contribution in [0.4, 0.5) is 5.69 Å². The highest BCUT2D eigenvalue weighted by atomic mass is 127. The Labute approximate surface area is 226 Å². The Morgan fingerprint density at radius 1 is 1.30 bits per heavy atom. The van der Waals surface area contributed by atoms with Crippen molar-refractivity contribution in [3.63, 3.8) is 0 Å². The van der Waals surface area contributed by atoms with Gasteiger partial charge in [0, 0.05) is 22.7 Å². The van der Waals surface area contributed by atoms with Gasteiger partial charge in [0.2, 0.25) is 11.9 Å². The van der Waals surface area contributed by atoms with Gasteiger partial charge in [-0.25, -0.2) is 19.0 Å². The summed E-state index contributed by atoms with van der Waals surface area (Å²) < 4.78 is 28.8. The number of aromatic amines is 1. The lowest BCUT2D eigenvalue weighted by Gasteiger charge is -2.23. The van der Waals surface area contributed by atoms with E-state index in [0.717, 1.165) is 5.06 Å². The third-order valence-corrected chi connectivity index (χ3v) is 6.87. The van der Waals surface area contributed by atoms with Crippen LogP contribution < -0.4 is 26.8 Å². The number of nitrogens with one attached hydrogen (secondary N) is 5. The Kier molecular flexibility index (Phi) is 10.8. The van der Waals surface area contributed by atoms with Crippen molar-refractivity contribution < 1.29 is 27.7 Å². The molecule has 0 saturated carbocycles. The zero-order valence-electron chi connectivity index (χ0n) is 20.3. The molecule has 37 heavy (non-hydrogen) atoms. The molecule has 1 heterocycles. The summed E-state index contributed by atoms with van der Waals surface area (Å²) in [5, 5.41) is 10.5. The maximum Gasteiger partial charge on any atom is 0.272 e. The van der Waals surface area contributed by atoms with Crippen molar-refractivity contribution in [2.45, 2.75) is 30.7 Å². The van der Waals surface area contributed by atoms with E-state index in [-0.39, 0.29) is 29.2 Å². The van der Waals surface area contributed by atoms with Gasteiger partial charge in [-0.15, -0.1) is 0 Å². The van der Waals surface area contributed by atoms with Crippen LogP contribution in [0.3, 0.4) is 0 Å². The van der Waals surface area contributed by atoms with Crippen LogP contribution in [0.2, 0.25) is 0 Å². The fourth-order valence-electron chi connectivity index (χ4n) is 3.13. The number of amides is 2. The van der Waals surface area contributed by atoms with Gasteiger partial charge in [0.15, 0.2) is 0 Å². The quantitative estimate of drug-likeness (QED) is 0.0598. The minimum Gasteiger partial charge on any atom is -0.368 e. The molecule has 16 heteroatoms. The number of nitrogens with two attached hydrogens (primary N) is 1. The summed E-state index contributed by atoms with van der Waals surface area (Å²) in [6, 6.07) is 6.46. The predicted octanol–water partition coefficient (Wildman–Crippen LogP) is -0.0594. The number of guanidine groups is 1. The summed E-state index contributed by atoms with van der Waals surface area (Å²) in [5.41, 5.74) is 6.73. The molecule has 1 aromatic heterocycles. The van der Waals surface area contributed by atoms with Gasteiger partial charge in [0.25, 0.3) is 21.5 Å². The third kappa shape index (κ3) is 8.99. The monoisotopic (exact) mass is 649 g/mol. The number of sulfonamides is 1. The van der Waals surface area contributed by atoms with E-state index in [2.05, 4.69) is 20.5 Å². The van der Waals surface area contributed by atoms with Gasteiger partial charge in [0.1, 0.15) is 11.7 Å². The molecule has 2 rings (SSSR count). The van der Waals surface area contributed by atoms with Gasteiger partial charge in [-0.3, -0.25) is 34.2 Å². The first-order valence-electron chi connectivity index (χ1n) is 10.7. The molecule has 7 N–H and O–H groups in total. The van der Waals surface area contributed by atoms with E-state index in [1.165, 1.54) is 32.4 Å². The Balaban J connectivity index is 2.27. The first-order valence-corrected chi connectivity index (χ1v) is 13.2. The number of hydroxylamine groups is 3. The van der Waals surface area contributed by atoms with Gasteiger partial charge in [-0.2, -0.15) is 0 Å². The number of hydrogen-bond donors (Lipinski definition) is 6. The molecule has 0 aliphatic carbocycles. The van der Waals surface area contributed by atoms with Crippen molar-refractivity contribution in [2.24, 2.45) is 5.73 Å². The van der Waals surface area contributed by atoms with E-state index in [4.69, 9.17) is 20.8 Å². The number of halogens is 1. The van der Waals surface area contributed by atoms with E-state index in [9.17, 15) is 22.8 Å². The van der Waals surface area contributed by atoms with Crippen molar-refractivity contribution >= 4 is 56.1 Å². The van der Waals surface area contributed by atoms with Crippen molar-refractivity contribution in [3.8, 4) is 0 Å². The molecule has 2 aromatic rings. The van der Waals surface area contributed by atoms with Crippen molar-refractivity contribution in [1.29, 1.82) is 5.41 Å². The van der Waals surface area contributed by atoms with Crippen LogP contribution in [0.5, 0.6) is 0 Å². The number of nitrogens with zero attached hydrogens (tertiary/aromatic N) is 1. The molecule has 0 unspecified atom stereocenters. The number of rotatable bonds is 12. The fourth-order valence-corrected chi connectivity index (χ4v) is 5.03. The van der Waals surface area contributed by atoms with E-state index in [0.29, 0.717) is 9.26 Å². The molecule has 0 fully saturated rings. The summed E-state index contributed by atoms with van der Waals surface area (Å²) in [5.74, 6) is -1.70. The summed E-state index contributed by atoms with van der Waals surface area (Å²) >= 11 is 1.97. The first kappa shape index (κ1) is 30.0. The topological polar surface area (TPSA) is 209 Å². The van der Waals surface area contributed by atoms with Crippen LogP contribution in [0.15, 0.2) is 40.0 Å². The predicted molar refractivity (Wildman–Crippen MR) is 143 cm³/mol. The van der Waals surface area contributed by atoms with Gasteiger partial charge in [0.05, 0.1) is 25.0 Å². The number of pyridine rings is 1. The van der Waals surface area contributed by atoms with Crippen molar-refractivity contribution in [1.82, 2.24) is 20.8 Å². The smallest absolute Gasteiger partial charge is 0.272 e. The summed E-state index contributed by atoms with van der Waals surface area (Å²) in [6.45, 7) is 1.48. The zero-order valence-corrected chi connectivity index (χ0v) is 23.2. The molecular weight excluding hydrogens is 621 g/mol. The summed E-state index contributed by atoms with van der Waals surface area (Å²) in [6.07, 6.45) is -0.430. The normalized spacial score (nSPS) is 11.9. The highest BCUT2D eigenvalue weighted by Gasteiger charge is 2.26. The van der Waals surface area contributed by atoms with Crippen LogP contribution in [0.1, 0.15) is 17.7 Å². The number of carbonyl (C=O) groups excluding carboxylic acids is 2. The van der Waals surface area contributed by atoms with Gasteiger partial charge in [-0.1, -0.05) is 6.07 Å². The molecule has 0 aliphatic rings. The third-order valence-electron chi connectivity index (χ3n) is 4.85. The van der Waals surface area contributed by atoms with Crippen molar-refractivity contribution in [3.05, 3.63) is 55.5 Å². The molecule has 0 spiro atoms. The minimum atomic E-state index is -4.14. The Morgan fingerprint density at radius 3 is 2.62 bits per heavy atom. The number of anilines is 1. The molecule has 0 saturated heterocycles. The maximum absolute atomic E-state index is 12.9. The van der Waals surface area contributed by atoms with E-state index >= 15 is 0 Å². The molecule has 0 radical (unpaired) electrons. The second-order valence-electron chi connectivity index (χ2n) is 7.71.